The number of ether oxygens (including phenoxy) is 1. The number of nitrogens with one attached hydrogen (secondary N) is 1. The van der Waals surface area contributed by atoms with E-state index in [0.29, 0.717) is 22.8 Å². The molecular weight excluding hydrogens is 463 g/mol. The Kier molecular flexibility index (Phi) is 6.49. The summed E-state index contributed by atoms with van der Waals surface area (Å²) in [5.74, 6) is -0.935. The second-order valence-electron chi connectivity index (χ2n) is 7.24. The lowest BCUT2D eigenvalue weighted by molar-refractivity contribution is -0.122. The van der Waals surface area contributed by atoms with Crippen LogP contribution in [0.25, 0.3) is 6.08 Å². The molecule has 1 aliphatic rings. The molecule has 1 saturated heterocycles. The lowest BCUT2D eigenvalue weighted by atomic mass is 9.97. The molecule has 4 rings (SSSR count). The van der Waals surface area contributed by atoms with E-state index < -0.39 is 17.8 Å². The third-order valence-electron chi connectivity index (χ3n) is 5.18. The van der Waals surface area contributed by atoms with Crippen LogP contribution in [0.4, 0.5) is 10.5 Å². The van der Waals surface area contributed by atoms with Crippen LogP contribution in [0.5, 0.6) is 5.75 Å². The molecule has 0 bridgehead atoms. The minimum absolute atomic E-state index is 0.186. The van der Waals surface area contributed by atoms with Crippen molar-refractivity contribution < 1.29 is 19.1 Å². The fourth-order valence-corrected chi connectivity index (χ4v) is 3.94. The quantitative estimate of drug-likeness (QED) is 0.399. The van der Waals surface area contributed by atoms with Gasteiger partial charge in [0.1, 0.15) is 11.3 Å². The number of methoxy groups -OCH3 is 1. The Balaban J connectivity index is 1.78. The lowest BCUT2D eigenvalue weighted by Crippen LogP contribution is -2.54. The van der Waals surface area contributed by atoms with Crippen LogP contribution >= 0.6 is 23.2 Å². The predicted molar refractivity (Wildman–Crippen MR) is 128 cm³/mol. The second-order valence-corrected chi connectivity index (χ2v) is 8.06. The minimum Gasteiger partial charge on any atom is -0.497 e. The Hall–Kier alpha value is -3.61. The first-order valence-electron chi connectivity index (χ1n) is 9.95. The van der Waals surface area contributed by atoms with Gasteiger partial charge in [-0.1, -0.05) is 59.6 Å². The van der Waals surface area contributed by atoms with Gasteiger partial charge in [0, 0.05) is 5.02 Å². The van der Waals surface area contributed by atoms with Gasteiger partial charge in [0.15, 0.2) is 0 Å². The molecule has 1 aliphatic heterocycles. The van der Waals surface area contributed by atoms with Crippen molar-refractivity contribution in [1.29, 1.82) is 0 Å². The van der Waals surface area contributed by atoms with E-state index in [0.717, 1.165) is 16.0 Å². The van der Waals surface area contributed by atoms with Crippen LogP contribution in [-0.4, -0.2) is 25.0 Å². The fraction of sp³-hybridized carbons (Fsp3) is 0.0800. The number of hydrogen-bond acceptors (Lipinski definition) is 4. The van der Waals surface area contributed by atoms with E-state index in [1.807, 2.05) is 24.3 Å². The summed E-state index contributed by atoms with van der Waals surface area (Å²) in [5, 5.41) is 3.02. The van der Waals surface area contributed by atoms with Gasteiger partial charge in [-0.25, -0.2) is 9.69 Å². The van der Waals surface area contributed by atoms with E-state index in [1.54, 1.807) is 43.5 Å². The van der Waals surface area contributed by atoms with Crippen LogP contribution in [0.2, 0.25) is 10.0 Å². The molecule has 0 aliphatic carbocycles. The molecule has 4 amide bonds. The molecule has 1 fully saturated rings. The maximum absolute atomic E-state index is 13.2. The summed E-state index contributed by atoms with van der Waals surface area (Å²) in [6.07, 6.45) is 1.90. The van der Waals surface area contributed by atoms with Crippen LogP contribution in [0.3, 0.4) is 0 Å². The molecule has 8 heteroatoms. The third-order valence-corrected chi connectivity index (χ3v) is 5.87. The van der Waals surface area contributed by atoms with Crippen molar-refractivity contribution in [2.45, 2.75) is 6.42 Å². The number of carbonyl (C=O) groups excluding carboxylic acids is 3. The number of amides is 4. The predicted octanol–water partition coefficient (Wildman–Crippen LogP) is 5.26. The molecule has 3 aromatic carbocycles. The van der Waals surface area contributed by atoms with Gasteiger partial charge in [-0.3, -0.25) is 14.9 Å². The summed E-state index contributed by atoms with van der Waals surface area (Å²) in [6.45, 7) is 0. The van der Waals surface area contributed by atoms with Crippen molar-refractivity contribution in [3.8, 4) is 5.75 Å². The van der Waals surface area contributed by atoms with E-state index in [2.05, 4.69) is 5.32 Å². The SMILES string of the molecule is COc1ccc(/C=C2\C(=O)NC(=O)N(c3ccccc3Cl)C2=O)c(Cc2ccccc2Cl)c1. The number of hydrogen-bond donors (Lipinski definition) is 1. The summed E-state index contributed by atoms with van der Waals surface area (Å²) >= 11 is 12.5. The van der Waals surface area contributed by atoms with Crippen LogP contribution < -0.4 is 15.0 Å². The zero-order chi connectivity index (χ0) is 23.5. The van der Waals surface area contributed by atoms with Crippen molar-refractivity contribution in [2.24, 2.45) is 0 Å². The first-order chi connectivity index (χ1) is 15.9. The molecule has 0 radical (unpaired) electrons. The van der Waals surface area contributed by atoms with Crippen molar-refractivity contribution in [3.63, 3.8) is 0 Å². The van der Waals surface area contributed by atoms with Gasteiger partial charge in [0.05, 0.1) is 17.8 Å². The average Bonchev–Trinajstić information content (AvgIpc) is 2.80. The maximum Gasteiger partial charge on any atom is 0.335 e. The van der Waals surface area contributed by atoms with Gasteiger partial charge in [0.25, 0.3) is 11.8 Å². The Morgan fingerprint density at radius 2 is 1.61 bits per heavy atom. The number of halogens is 2. The van der Waals surface area contributed by atoms with Crippen LogP contribution in [0, 0.1) is 0 Å². The highest BCUT2D eigenvalue weighted by molar-refractivity contribution is 6.42. The monoisotopic (exact) mass is 480 g/mol. The van der Waals surface area contributed by atoms with Crippen molar-refractivity contribution in [3.05, 3.63) is 99.0 Å². The number of nitrogens with zero attached hydrogens (tertiary/aromatic N) is 1. The Morgan fingerprint density at radius 1 is 0.909 bits per heavy atom. The summed E-state index contributed by atoms with van der Waals surface area (Å²) in [5.41, 5.74) is 2.27. The lowest BCUT2D eigenvalue weighted by Gasteiger charge is -2.27. The number of urea groups is 1. The summed E-state index contributed by atoms with van der Waals surface area (Å²) in [6, 6.07) is 18.3. The summed E-state index contributed by atoms with van der Waals surface area (Å²) in [4.78, 5) is 39.1. The number of anilines is 1. The normalized spacial score (nSPS) is 15.1. The first kappa shape index (κ1) is 22.6. The van der Waals surface area contributed by atoms with Crippen molar-refractivity contribution in [1.82, 2.24) is 5.32 Å². The van der Waals surface area contributed by atoms with Crippen LogP contribution in [-0.2, 0) is 16.0 Å². The molecule has 0 unspecified atom stereocenters. The molecule has 0 spiro atoms. The van der Waals surface area contributed by atoms with E-state index in [9.17, 15) is 14.4 Å². The molecule has 0 atom stereocenters. The van der Waals surface area contributed by atoms with E-state index in [-0.39, 0.29) is 16.3 Å². The first-order valence-corrected chi connectivity index (χ1v) is 10.7. The second kappa shape index (κ2) is 9.48. The Bertz CT molecular complexity index is 1300. The van der Waals surface area contributed by atoms with Gasteiger partial charge in [0.2, 0.25) is 0 Å². The highest BCUT2D eigenvalue weighted by Gasteiger charge is 2.37. The molecule has 33 heavy (non-hydrogen) atoms. The maximum atomic E-state index is 13.2. The van der Waals surface area contributed by atoms with Gasteiger partial charge in [-0.05, 0) is 59.5 Å². The topological polar surface area (TPSA) is 75.7 Å². The van der Waals surface area contributed by atoms with Crippen LogP contribution in [0.15, 0.2) is 72.3 Å². The molecular formula is C25H18Cl2N2O4. The van der Waals surface area contributed by atoms with Gasteiger partial charge < -0.3 is 4.74 Å². The highest BCUT2D eigenvalue weighted by Crippen LogP contribution is 2.30. The average molecular weight is 481 g/mol. The summed E-state index contributed by atoms with van der Waals surface area (Å²) < 4.78 is 5.34. The van der Waals surface area contributed by atoms with E-state index >= 15 is 0 Å². The van der Waals surface area contributed by atoms with E-state index in [1.165, 1.54) is 12.1 Å². The van der Waals surface area contributed by atoms with Crippen molar-refractivity contribution >= 4 is 52.8 Å². The zero-order valence-corrected chi connectivity index (χ0v) is 19.0. The molecule has 3 aromatic rings. The zero-order valence-electron chi connectivity index (χ0n) is 17.5. The largest absolute Gasteiger partial charge is 0.497 e. The molecule has 0 aromatic heterocycles. The van der Waals surface area contributed by atoms with Gasteiger partial charge in [-0.15, -0.1) is 0 Å². The van der Waals surface area contributed by atoms with Crippen molar-refractivity contribution in [2.75, 3.05) is 12.0 Å². The number of rotatable bonds is 5. The molecule has 1 N–H and O–H groups in total. The van der Waals surface area contributed by atoms with Gasteiger partial charge in [-0.2, -0.15) is 0 Å². The minimum atomic E-state index is -0.860. The number of barbiturate groups is 1. The van der Waals surface area contributed by atoms with Gasteiger partial charge >= 0.3 is 6.03 Å². The number of carbonyl (C=O) groups is 3. The molecule has 6 nitrogen and oxygen atoms in total. The number of benzene rings is 3. The van der Waals surface area contributed by atoms with Crippen LogP contribution in [0.1, 0.15) is 16.7 Å². The number of para-hydroxylation sites is 1. The fourth-order valence-electron chi connectivity index (χ4n) is 3.51. The molecule has 1 heterocycles. The molecule has 166 valence electrons. The highest BCUT2D eigenvalue weighted by atomic mass is 35.5. The summed E-state index contributed by atoms with van der Waals surface area (Å²) in [7, 11) is 1.55. The number of imide groups is 2. The Morgan fingerprint density at radius 3 is 2.30 bits per heavy atom. The Labute approximate surface area is 200 Å². The standard InChI is InChI=1S/C25H18Cl2N2O4/c1-33-18-11-10-15(17(13-18)12-16-6-2-3-7-20(16)26)14-19-23(30)28-25(32)29(24(19)31)22-9-5-4-8-21(22)27/h2-11,13-14H,12H2,1H3,(H,28,30,32)/b19-14+. The molecule has 0 saturated carbocycles. The third kappa shape index (κ3) is 4.62. The van der Waals surface area contributed by atoms with E-state index in [4.69, 9.17) is 27.9 Å². The smallest absolute Gasteiger partial charge is 0.335 e.